The predicted octanol–water partition coefficient (Wildman–Crippen LogP) is 3.22. The largest absolute Gasteiger partial charge is 0.251 e. The van der Waals surface area contributed by atoms with Gasteiger partial charge in [-0.15, -0.1) is 11.3 Å². The molecule has 76 valence electrons. The maximum atomic E-state index is 13.4. The second kappa shape index (κ2) is 3.38. The molecule has 2 nitrogen and oxygen atoms in total. The number of aromatic nitrogens is 2. The molecule has 0 saturated heterocycles. The van der Waals surface area contributed by atoms with Gasteiger partial charge in [0.2, 0.25) is 0 Å². The van der Waals surface area contributed by atoms with Crippen LogP contribution in [-0.4, -0.2) is 9.97 Å². The van der Waals surface area contributed by atoms with Gasteiger partial charge in [0.25, 0.3) is 0 Å². The van der Waals surface area contributed by atoms with Gasteiger partial charge in [-0.2, -0.15) is 0 Å². The van der Waals surface area contributed by atoms with Crippen LogP contribution < -0.4 is 0 Å². The molecule has 15 heavy (non-hydrogen) atoms. The molecule has 0 spiro atoms. The molecule has 4 heteroatoms. The fraction of sp³-hybridized carbons (Fsp3) is 0.273. The zero-order chi connectivity index (χ0) is 10.3. The lowest BCUT2D eigenvalue weighted by molar-refractivity contribution is 0.625. The average molecular weight is 220 g/mol. The van der Waals surface area contributed by atoms with Crippen molar-refractivity contribution < 1.29 is 4.39 Å². The van der Waals surface area contributed by atoms with E-state index in [2.05, 4.69) is 9.97 Å². The number of rotatable bonds is 2. The molecule has 3 rings (SSSR count). The Hall–Kier alpha value is -1.29. The van der Waals surface area contributed by atoms with Crippen molar-refractivity contribution in [3.05, 3.63) is 35.2 Å². The van der Waals surface area contributed by atoms with E-state index in [0.717, 1.165) is 5.69 Å². The third-order valence-electron chi connectivity index (χ3n) is 2.48. The van der Waals surface area contributed by atoms with Crippen LogP contribution in [0.15, 0.2) is 23.7 Å². The molecular weight excluding hydrogens is 211 g/mol. The van der Waals surface area contributed by atoms with E-state index in [4.69, 9.17) is 0 Å². The Morgan fingerprint density at radius 1 is 1.40 bits per heavy atom. The van der Waals surface area contributed by atoms with E-state index in [-0.39, 0.29) is 5.82 Å². The topological polar surface area (TPSA) is 25.8 Å². The number of hydrogen-bond donors (Lipinski definition) is 0. The van der Waals surface area contributed by atoms with Crippen molar-refractivity contribution in [2.75, 3.05) is 0 Å². The molecule has 0 amide bonds. The smallest absolute Gasteiger partial charge is 0.151 e. The molecule has 0 aromatic carbocycles. The van der Waals surface area contributed by atoms with Gasteiger partial charge < -0.3 is 0 Å². The van der Waals surface area contributed by atoms with Crippen molar-refractivity contribution in [1.29, 1.82) is 0 Å². The summed E-state index contributed by atoms with van der Waals surface area (Å²) in [6.07, 6.45) is 4.03. The number of halogens is 1. The van der Waals surface area contributed by atoms with Gasteiger partial charge >= 0.3 is 0 Å². The molecule has 0 unspecified atom stereocenters. The van der Waals surface area contributed by atoms with Crippen molar-refractivity contribution in [1.82, 2.24) is 9.97 Å². The lowest BCUT2D eigenvalue weighted by atomic mass is 10.3. The summed E-state index contributed by atoms with van der Waals surface area (Å²) in [5.74, 6) is 0.316. The van der Waals surface area contributed by atoms with Crippen LogP contribution in [0.5, 0.6) is 0 Å². The fourth-order valence-electron chi connectivity index (χ4n) is 1.50. The van der Waals surface area contributed by atoms with Gasteiger partial charge in [-0.05, 0) is 25.0 Å². The van der Waals surface area contributed by atoms with E-state index >= 15 is 0 Å². The summed E-state index contributed by atoms with van der Waals surface area (Å²) in [5.41, 5.74) is 1.47. The minimum Gasteiger partial charge on any atom is -0.251 e. The highest BCUT2D eigenvalue weighted by molar-refractivity contribution is 7.13. The summed E-state index contributed by atoms with van der Waals surface area (Å²) in [4.78, 5) is 8.43. The second-order valence-electron chi connectivity index (χ2n) is 3.69. The van der Waals surface area contributed by atoms with Crippen molar-refractivity contribution in [3.8, 4) is 10.7 Å². The Labute approximate surface area is 90.8 Å². The Bertz CT molecular complexity index is 491. The van der Waals surface area contributed by atoms with Gasteiger partial charge in [-0.3, -0.25) is 4.98 Å². The summed E-state index contributed by atoms with van der Waals surface area (Å²) in [7, 11) is 0. The van der Waals surface area contributed by atoms with Crippen molar-refractivity contribution >= 4 is 11.3 Å². The monoisotopic (exact) mass is 220 g/mol. The van der Waals surface area contributed by atoms with E-state index in [1.165, 1.54) is 30.2 Å². The molecule has 0 aliphatic heterocycles. The van der Waals surface area contributed by atoms with Gasteiger partial charge in [0.15, 0.2) is 5.82 Å². The first kappa shape index (κ1) is 8.97. The van der Waals surface area contributed by atoms with Gasteiger partial charge in [-0.1, -0.05) is 0 Å². The van der Waals surface area contributed by atoms with Crippen LogP contribution in [0.2, 0.25) is 0 Å². The zero-order valence-corrected chi connectivity index (χ0v) is 8.80. The van der Waals surface area contributed by atoms with Crippen molar-refractivity contribution in [2.45, 2.75) is 18.8 Å². The minimum atomic E-state index is -0.297. The Kier molecular flexibility index (Phi) is 2.02. The molecule has 0 N–H and O–H groups in total. The Morgan fingerprint density at radius 3 is 3.00 bits per heavy atom. The van der Waals surface area contributed by atoms with E-state index in [1.807, 2.05) is 5.38 Å². The molecule has 1 aliphatic rings. The Balaban J connectivity index is 2.01. The normalized spacial score (nSPS) is 15.5. The summed E-state index contributed by atoms with van der Waals surface area (Å²) >= 11 is 1.47. The van der Waals surface area contributed by atoms with Crippen LogP contribution in [0, 0.1) is 5.82 Å². The zero-order valence-electron chi connectivity index (χ0n) is 7.98. The van der Waals surface area contributed by atoms with Crippen LogP contribution in [0.4, 0.5) is 4.39 Å². The lowest BCUT2D eigenvalue weighted by Gasteiger charge is -1.95. The highest BCUT2D eigenvalue weighted by Gasteiger charge is 2.26. The summed E-state index contributed by atoms with van der Waals surface area (Å²) in [6, 6.07) is 3.01. The third-order valence-corrected chi connectivity index (χ3v) is 3.35. The van der Waals surface area contributed by atoms with E-state index in [0.29, 0.717) is 16.6 Å². The molecule has 2 aromatic rings. The SMILES string of the molecule is Fc1cccnc1-c1nc(C2CC2)cs1. The van der Waals surface area contributed by atoms with E-state index in [9.17, 15) is 4.39 Å². The fourth-order valence-corrected chi connectivity index (χ4v) is 2.40. The first-order valence-electron chi connectivity index (χ1n) is 4.91. The van der Waals surface area contributed by atoms with Crippen molar-refractivity contribution in [2.24, 2.45) is 0 Å². The maximum absolute atomic E-state index is 13.4. The van der Waals surface area contributed by atoms with E-state index in [1.54, 1.807) is 12.3 Å². The second-order valence-corrected chi connectivity index (χ2v) is 4.54. The molecule has 1 saturated carbocycles. The lowest BCUT2D eigenvalue weighted by Crippen LogP contribution is -1.88. The van der Waals surface area contributed by atoms with Gasteiger partial charge in [0.05, 0.1) is 5.69 Å². The molecule has 1 fully saturated rings. The van der Waals surface area contributed by atoms with Gasteiger partial charge in [0.1, 0.15) is 10.7 Å². The quantitative estimate of drug-likeness (QED) is 0.776. The number of nitrogens with zero attached hydrogens (tertiary/aromatic N) is 2. The molecule has 0 radical (unpaired) electrons. The van der Waals surface area contributed by atoms with Crippen LogP contribution in [-0.2, 0) is 0 Å². The van der Waals surface area contributed by atoms with Crippen LogP contribution in [0.1, 0.15) is 24.5 Å². The van der Waals surface area contributed by atoms with Gasteiger partial charge in [0, 0.05) is 17.5 Å². The summed E-state index contributed by atoms with van der Waals surface area (Å²) in [5, 5.41) is 2.70. The highest BCUT2D eigenvalue weighted by atomic mass is 32.1. The number of thiazole rings is 1. The predicted molar refractivity (Wildman–Crippen MR) is 57.3 cm³/mol. The molecule has 0 atom stereocenters. The standard InChI is InChI=1S/C11H9FN2S/c12-8-2-1-5-13-10(8)11-14-9(6-15-11)7-3-4-7/h1-2,5-7H,3-4H2. The number of hydrogen-bond acceptors (Lipinski definition) is 3. The van der Waals surface area contributed by atoms with Crippen molar-refractivity contribution in [3.63, 3.8) is 0 Å². The third kappa shape index (κ3) is 1.65. The summed E-state index contributed by atoms with van der Waals surface area (Å²) in [6.45, 7) is 0. The minimum absolute atomic E-state index is 0.297. The molecule has 2 heterocycles. The van der Waals surface area contributed by atoms with Crippen LogP contribution in [0.3, 0.4) is 0 Å². The van der Waals surface area contributed by atoms with Crippen LogP contribution >= 0.6 is 11.3 Å². The molecule has 0 bridgehead atoms. The average Bonchev–Trinajstić information content (AvgIpc) is 2.99. The highest BCUT2D eigenvalue weighted by Crippen LogP contribution is 2.41. The molecule has 2 aromatic heterocycles. The van der Waals surface area contributed by atoms with E-state index < -0.39 is 0 Å². The molecular formula is C11H9FN2S. The maximum Gasteiger partial charge on any atom is 0.151 e. The summed E-state index contributed by atoms with van der Waals surface area (Å²) < 4.78 is 13.4. The number of pyridine rings is 1. The first-order valence-corrected chi connectivity index (χ1v) is 5.79. The van der Waals surface area contributed by atoms with Crippen LogP contribution in [0.25, 0.3) is 10.7 Å². The Morgan fingerprint density at radius 2 is 2.27 bits per heavy atom. The molecule has 1 aliphatic carbocycles. The first-order chi connectivity index (χ1) is 7.34. The van der Waals surface area contributed by atoms with Gasteiger partial charge in [-0.25, -0.2) is 9.37 Å².